The summed E-state index contributed by atoms with van der Waals surface area (Å²) in [6.07, 6.45) is 7.01. The van der Waals surface area contributed by atoms with Gasteiger partial charge in [-0.3, -0.25) is 0 Å². The minimum atomic E-state index is 0.511. The molecule has 2 atom stereocenters. The zero-order valence-corrected chi connectivity index (χ0v) is 11.9. The lowest BCUT2D eigenvalue weighted by molar-refractivity contribution is 0.411. The van der Waals surface area contributed by atoms with Crippen molar-refractivity contribution in [1.29, 1.82) is 5.26 Å². The van der Waals surface area contributed by atoms with Crippen molar-refractivity contribution in [2.45, 2.75) is 12.8 Å². The van der Waals surface area contributed by atoms with Gasteiger partial charge in [0.05, 0.1) is 5.52 Å². The van der Waals surface area contributed by atoms with E-state index in [1.807, 2.05) is 24.3 Å². The molecule has 0 amide bonds. The first-order valence-electron chi connectivity index (χ1n) is 7.55. The Morgan fingerprint density at radius 2 is 1.81 bits per heavy atom. The van der Waals surface area contributed by atoms with Crippen LogP contribution in [-0.2, 0) is 0 Å². The lowest BCUT2D eigenvalue weighted by Crippen LogP contribution is -2.20. The molecule has 1 aromatic heterocycles. The van der Waals surface area contributed by atoms with Gasteiger partial charge in [0, 0.05) is 24.2 Å². The normalized spacial score (nSPS) is 24.0. The quantitative estimate of drug-likeness (QED) is 0.748. The van der Waals surface area contributed by atoms with Crippen molar-refractivity contribution in [1.82, 2.24) is 4.98 Å². The molecule has 1 aromatic carbocycles. The van der Waals surface area contributed by atoms with Gasteiger partial charge in [-0.1, -0.05) is 30.4 Å². The molecule has 0 spiro atoms. The fourth-order valence-electron chi connectivity index (χ4n) is 3.69. The van der Waals surface area contributed by atoms with Crippen molar-refractivity contribution in [2.24, 2.45) is 11.8 Å². The molecule has 1 fully saturated rings. The van der Waals surface area contributed by atoms with Crippen LogP contribution >= 0.6 is 0 Å². The number of rotatable bonds is 1. The van der Waals surface area contributed by atoms with E-state index in [2.05, 4.69) is 34.2 Å². The Labute approximate surface area is 124 Å². The van der Waals surface area contributed by atoms with Crippen molar-refractivity contribution < 1.29 is 0 Å². The van der Waals surface area contributed by atoms with Crippen molar-refractivity contribution in [3.05, 3.63) is 48.2 Å². The van der Waals surface area contributed by atoms with Gasteiger partial charge in [0.25, 0.3) is 0 Å². The van der Waals surface area contributed by atoms with E-state index < -0.39 is 0 Å². The van der Waals surface area contributed by atoms with E-state index >= 15 is 0 Å². The molecule has 1 aliphatic heterocycles. The van der Waals surface area contributed by atoms with Gasteiger partial charge in [0.1, 0.15) is 11.8 Å². The Bertz CT molecular complexity index is 741. The summed E-state index contributed by atoms with van der Waals surface area (Å²) >= 11 is 0. The van der Waals surface area contributed by atoms with E-state index in [1.54, 1.807) is 0 Å². The fraction of sp³-hybridized carbons (Fsp3) is 0.333. The van der Waals surface area contributed by atoms with Crippen molar-refractivity contribution >= 4 is 16.6 Å². The minimum Gasteiger partial charge on any atom is -0.370 e. The lowest BCUT2D eigenvalue weighted by Gasteiger charge is -2.20. The highest BCUT2D eigenvalue weighted by Crippen LogP contribution is 2.37. The third-order valence-corrected chi connectivity index (χ3v) is 4.77. The van der Waals surface area contributed by atoms with Gasteiger partial charge < -0.3 is 4.90 Å². The van der Waals surface area contributed by atoms with Gasteiger partial charge in [-0.15, -0.1) is 0 Å². The molecule has 21 heavy (non-hydrogen) atoms. The average Bonchev–Trinajstić information content (AvgIpc) is 2.97. The highest BCUT2D eigenvalue weighted by molar-refractivity contribution is 5.92. The molecule has 0 saturated carbocycles. The molecule has 0 radical (unpaired) electrons. The Hall–Kier alpha value is -2.34. The smallest absolute Gasteiger partial charge is 0.143 e. The summed E-state index contributed by atoms with van der Waals surface area (Å²) in [5.74, 6) is 1.51. The van der Waals surface area contributed by atoms with E-state index in [4.69, 9.17) is 0 Å². The molecule has 1 aliphatic carbocycles. The number of fused-ring (bicyclic) bond motifs is 2. The van der Waals surface area contributed by atoms with Crippen LogP contribution in [0.15, 0.2) is 42.5 Å². The number of pyridine rings is 1. The number of nitrogens with zero attached hydrogens (tertiary/aromatic N) is 3. The second-order valence-electron chi connectivity index (χ2n) is 6.02. The Kier molecular flexibility index (Phi) is 2.89. The first kappa shape index (κ1) is 12.4. The average molecular weight is 275 g/mol. The summed E-state index contributed by atoms with van der Waals surface area (Å²) in [6.45, 7) is 2.18. The van der Waals surface area contributed by atoms with Crippen LogP contribution in [0, 0.1) is 23.2 Å². The van der Waals surface area contributed by atoms with Gasteiger partial charge in [0.2, 0.25) is 0 Å². The third-order valence-electron chi connectivity index (χ3n) is 4.77. The zero-order chi connectivity index (χ0) is 14.2. The molecule has 2 heterocycles. The Morgan fingerprint density at radius 3 is 2.52 bits per heavy atom. The molecule has 0 bridgehead atoms. The van der Waals surface area contributed by atoms with Crippen LogP contribution in [0.1, 0.15) is 18.5 Å². The number of benzene rings is 1. The van der Waals surface area contributed by atoms with Crippen LogP contribution < -0.4 is 4.90 Å². The zero-order valence-electron chi connectivity index (χ0n) is 11.9. The molecule has 3 nitrogen and oxygen atoms in total. The topological polar surface area (TPSA) is 39.9 Å². The van der Waals surface area contributed by atoms with Crippen LogP contribution in [0.2, 0.25) is 0 Å². The van der Waals surface area contributed by atoms with Gasteiger partial charge in [0.15, 0.2) is 0 Å². The summed E-state index contributed by atoms with van der Waals surface area (Å²) in [6, 6.07) is 12.3. The predicted octanol–water partition coefficient (Wildman–Crippen LogP) is 3.51. The van der Waals surface area contributed by atoms with Gasteiger partial charge >= 0.3 is 0 Å². The van der Waals surface area contributed by atoms with Crippen LogP contribution in [0.4, 0.5) is 5.69 Å². The maximum Gasteiger partial charge on any atom is 0.143 e. The molecular formula is C18H17N3. The largest absolute Gasteiger partial charge is 0.370 e. The highest BCUT2D eigenvalue weighted by Gasteiger charge is 2.33. The molecule has 104 valence electrons. The van der Waals surface area contributed by atoms with E-state index in [-0.39, 0.29) is 0 Å². The van der Waals surface area contributed by atoms with E-state index in [1.165, 1.54) is 18.5 Å². The number of aromatic nitrogens is 1. The summed E-state index contributed by atoms with van der Waals surface area (Å²) in [7, 11) is 0. The third kappa shape index (κ3) is 2.08. The monoisotopic (exact) mass is 275 g/mol. The first-order chi connectivity index (χ1) is 10.3. The number of hydrogen-bond acceptors (Lipinski definition) is 3. The van der Waals surface area contributed by atoms with Gasteiger partial charge in [-0.2, -0.15) is 5.26 Å². The number of allylic oxidation sites excluding steroid dienone is 2. The minimum absolute atomic E-state index is 0.511. The highest BCUT2D eigenvalue weighted by atomic mass is 15.2. The molecular weight excluding hydrogens is 258 g/mol. The second kappa shape index (κ2) is 4.89. The maximum absolute atomic E-state index is 9.23. The van der Waals surface area contributed by atoms with E-state index in [9.17, 15) is 5.26 Å². The SMILES string of the molecule is N#Cc1cc(N2CC3CC=CCC3C2)c2ccccc2n1. The fourth-order valence-corrected chi connectivity index (χ4v) is 3.69. The summed E-state index contributed by atoms with van der Waals surface area (Å²) in [5, 5.41) is 10.4. The summed E-state index contributed by atoms with van der Waals surface area (Å²) in [4.78, 5) is 6.87. The summed E-state index contributed by atoms with van der Waals surface area (Å²) < 4.78 is 0. The van der Waals surface area contributed by atoms with Crippen molar-refractivity contribution in [2.75, 3.05) is 18.0 Å². The number of hydrogen-bond donors (Lipinski definition) is 0. The van der Waals surface area contributed by atoms with Crippen LogP contribution in [0.3, 0.4) is 0 Å². The molecule has 2 aliphatic rings. The van der Waals surface area contributed by atoms with Crippen molar-refractivity contribution in [3.8, 4) is 6.07 Å². The van der Waals surface area contributed by atoms with Crippen LogP contribution in [0.25, 0.3) is 10.9 Å². The number of anilines is 1. The van der Waals surface area contributed by atoms with Crippen molar-refractivity contribution in [3.63, 3.8) is 0 Å². The lowest BCUT2D eigenvalue weighted by atomic mass is 9.86. The molecule has 0 N–H and O–H groups in total. The molecule has 1 saturated heterocycles. The Morgan fingerprint density at radius 1 is 1.10 bits per heavy atom. The number of nitriles is 1. The molecule has 3 heteroatoms. The number of para-hydroxylation sites is 1. The second-order valence-corrected chi connectivity index (χ2v) is 6.02. The molecule has 2 aromatic rings. The van der Waals surface area contributed by atoms with Gasteiger partial charge in [-0.05, 0) is 36.8 Å². The van der Waals surface area contributed by atoms with Gasteiger partial charge in [-0.25, -0.2) is 4.98 Å². The van der Waals surface area contributed by atoms with Crippen LogP contribution in [0.5, 0.6) is 0 Å². The summed E-state index contributed by atoms with van der Waals surface area (Å²) in [5.41, 5.74) is 2.60. The van der Waals surface area contributed by atoms with E-state index in [0.29, 0.717) is 5.69 Å². The first-order valence-corrected chi connectivity index (χ1v) is 7.55. The predicted molar refractivity (Wildman–Crippen MR) is 84.0 cm³/mol. The molecule has 4 rings (SSSR count). The van der Waals surface area contributed by atoms with E-state index in [0.717, 1.165) is 35.8 Å². The maximum atomic E-state index is 9.23. The standard InChI is InChI=1S/C18H17N3/c19-10-15-9-18(16-7-3-4-8-17(16)20-15)21-11-13-5-1-2-6-14(13)12-21/h1-4,7-9,13-14H,5-6,11-12H2. The van der Waals surface area contributed by atoms with Crippen LogP contribution in [-0.4, -0.2) is 18.1 Å². The molecule has 2 unspecified atom stereocenters. The Balaban J connectivity index is 1.78.